The third-order valence-electron chi connectivity index (χ3n) is 3.20. The van der Waals surface area contributed by atoms with Crippen molar-refractivity contribution in [2.45, 2.75) is 6.61 Å². The molecule has 1 aromatic carbocycles. The Morgan fingerprint density at radius 1 is 1.23 bits per heavy atom. The Hall–Kier alpha value is -2.71. The minimum Gasteiger partial charge on any atom is -0.431 e. The first-order valence-corrected chi connectivity index (χ1v) is 7.92. The molecule has 10 heteroatoms. The molecule has 0 unspecified atom stereocenters. The largest absolute Gasteiger partial charge is 0.431 e. The molecule has 0 spiro atoms. The fourth-order valence-electron chi connectivity index (χ4n) is 2.09. The fraction of sp³-hybridized carbons (Fsp3) is 0.0625. The Kier molecular flexibility index (Phi) is 5.34. The van der Waals surface area contributed by atoms with Crippen LogP contribution in [0.5, 0.6) is 5.75 Å². The predicted molar refractivity (Wildman–Crippen MR) is 92.4 cm³/mol. The van der Waals surface area contributed by atoms with E-state index in [1.54, 1.807) is 18.2 Å². The molecule has 0 atom stereocenters. The smallest absolute Gasteiger partial charge is 0.387 e. The van der Waals surface area contributed by atoms with Crippen LogP contribution in [0.3, 0.4) is 0 Å². The fourth-order valence-corrected chi connectivity index (χ4v) is 2.59. The molecule has 1 N–H and O–H groups in total. The number of ether oxygens (including phenoxy) is 1. The number of aromatic nitrogens is 3. The average molecular weight is 399 g/mol. The van der Waals surface area contributed by atoms with Crippen molar-refractivity contribution in [3.05, 3.63) is 64.5 Å². The first-order valence-electron chi connectivity index (χ1n) is 7.16. The maximum atomic E-state index is 12.4. The standard InChI is InChI=1S/C16H10Cl2F2N4O2/c17-9-3-4-12(10(18)8-9)24-7-5-11(23-24)15(25)22-14-13(26-16(19)20)2-1-6-21-14/h1-8,16H,(H,21,22,25). The molecule has 0 bridgehead atoms. The van der Waals surface area contributed by atoms with Gasteiger partial charge >= 0.3 is 6.61 Å². The summed E-state index contributed by atoms with van der Waals surface area (Å²) in [6.45, 7) is -3.04. The zero-order chi connectivity index (χ0) is 18.7. The topological polar surface area (TPSA) is 69.0 Å². The van der Waals surface area contributed by atoms with E-state index < -0.39 is 12.5 Å². The van der Waals surface area contributed by atoms with Crippen LogP contribution in [-0.4, -0.2) is 27.3 Å². The monoisotopic (exact) mass is 398 g/mol. The number of carbonyl (C=O) groups is 1. The lowest BCUT2D eigenvalue weighted by Gasteiger charge is -2.09. The number of benzene rings is 1. The molecule has 0 fully saturated rings. The summed E-state index contributed by atoms with van der Waals surface area (Å²) in [6.07, 6.45) is 2.86. The normalized spacial score (nSPS) is 10.8. The number of alkyl halides is 2. The van der Waals surface area contributed by atoms with Gasteiger partial charge in [-0.1, -0.05) is 23.2 Å². The van der Waals surface area contributed by atoms with Gasteiger partial charge in [-0.15, -0.1) is 0 Å². The Morgan fingerprint density at radius 2 is 2.04 bits per heavy atom. The van der Waals surface area contributed by atoms with E-state index in [9.17, 15) is 13.6 Å². The molecule has 0 saturated carbocycles. The molecule has 2 heterocycles. The van der Waals surface area contributed by atoms with E-state index in [-0.39, 0.29) is 17.3 Å². The quantitative estimate of drug-likeness (QED) is 0.690. The van der Waals surface area contributed by atoms with Gasteiger partial charge in [0.05, 0.1) is 10.7 Å². The van der Waals surface area contributed by atoms with Crippen LogP contribution in [0.4, 0.5) is 14.6 Å². The zero-order valence-electron chi connectivity index (χ0n) is 12.9. The predicted octanol–water partition coefficient (Wildman–Crippen LogP) is 4.43. The van der Waals surface area contributed by atoms with Gasteiger partial charge in [0.25, 0.3) is 5.91 Å². The van der Waals surface area contributed by atoms with Crippen LogP contribution in [-0.2, 0) is 0 Å². The molecule has 3 rings (SSSR count). The second kappa shape index (κ2) is 7.67. The second-order valence-corrected chi connectivity index (χ2v) is 5.77. The van der Waals surface area contributed by atoms with Crippen molar-refractivity contribution in [3.8, 4) is 11.4 Å². The number of anilines is 1. The SMILES string of the molecule is O=C(Nc1ncccc1OC(F)F)c1ccn(-c2ccc(Cl)cc2Cl)n1. The number of amides is 1. The van der Waals surface area contributed by atoms with Gasteiger partial charge in [0.15, 0.2) is 17.3 Å². The number of nitrogens with one attached hydrogen (secondary N) is 1. The van der Waals surface area contributed by atoms with Crippen molar-refractivity contribution < 1.29 is 18.3 Å². The summed E-state index contributed by atoms with van der Waals surface area (Å²) in [7, 11) is 0. The lowest BCUT2D eigenvalue weighted by Crippen LogP contribution is -2.16. The Labute approximate surface area is 156 Å². The van der Waals surface area contributed by atoms with Crippen molar-refractivity contribution in [1.29, 1.82) is 0 Å². The van der Waals surface area contributed by atoms with Gasteiger partial charge in [-0.25, -0.2) is 9.67 Å². The molecule has 2 aromatic heterocycles. The lowest BCUT2D eigenvalue weighted by molar-refractivity contribution is -0.0495. The molecule has 3 aromatic rings. The zero-order valence-corrected chi connectivity index (χ0v) is 14.4. The summed E-state index contributed by atoms with van der Waals surface area (Å²) in [6, 6.07) is 8.93. The molecule has 1 amide bonds. The summed E-state index contributed by atoms with van der Waals surface area (Å²) in [5.74, 6) is -1.04. The van der Waals surface area contributed by atoms with E-state index in [1.807, 2.05) is 0 Å². The Morgan fingerprint density at radius 3 is 2.77 bits per heavy atom. The first kappa shape index (κ1) is 18.1. The first-order chi connectivity index (χ1) is 12.4. The number of hydrogen-bond donors (Lipinski definition) is 1. The molecule has 0 radical (unpaired) electrons. The maximum Gasteiger partial charge on any atom is 0.387 e. The molecular formula is C16H10Cl2F2N4O2. The molecule has 0 aliphatic carbocycles. The van der Waals surface area contributed by atoms with Gasteiger partial charge in [-0.05, 0) is 36.4 Å². The van der Waals surface area contributed by atoms with E-state index in [4.69, 9.17) is 23.2 Å². The number of hydrogen-bond acceptors (Lipinski definition) is 4. The van der Waals surface area contributed by atoms with Crippen LogP contribution >= 0.6 is 23.2 Å². The van der Waals surface area contributed by atoms with E-state index in [0.29, 0.717) is 15.7 Å². The second-order valence-electron chi connectivity index (χ2n) is 4.92. The van der Waals surface area contributed by atoms with Crippen LogP contribution in [0.15, 0.2) is 48.8 Å². The average Bonchev–Trinajstić information content (AvgIpc) is 3.06. The highest BCUT2D eigenvalue weighted by Gasteiger charge is 2.16. The molecule has 26 heavy (non-hydrogen) atoms. The summed E-state index contributed by atoms with van der Waals surface area (Å²) < 4.78 is 30.5. The van der Waals surface area contributed by atoms with Crippen LogP contribution in [0, 0.1) is 0 Å². The van der Waals surface area contributed by atoms with E-state index >= 15 is 0 Å². The van der Waals surface area contributed by atoms with Gasteiger partial charge in [-0.2, -0.15) is 13.9 Å². The summed E-state index contributed by atoms with van der Waals surface area (Å²) in [5, 5.41) is 7.32. The molecular weight excluding hydrogens is 389 g/mol. The van der Waals surface area contributed by atoms with Gasteiger partial charge in [0, 0.05) is 17.4 Å². The molecule has 6 nitrogen and oxygen atoms in total. The minimum atomic E-state index is -3.04. The van der Waals surface area contributed by atoms with Gasteiger partial charge in [-0.3, -0.25) is 4.79 Å². The number of rotatable bonds is 5. The van der Waals surface area contributed by atoms with Crippen molar-refractivity contribution in [3.63, 3.8) is 0 Å². The molecule has 0 aliphatic rings. The van der Waals surface area contributed by atoms with Crippen molar-refractivity contribution >= 4 is 34.9 Å². The lowest BCUT2D eigenvalue weighted by atomic mass is 10.3. The Balaban J connectivity index is 1.81. The van der Waals surface area contributed by atoms with E-state index in [2.05, 4.69) is 20.1 Å². The maximum absolute atomic E-state index is 12.4. The number of halogens is 4. The van der Waals surface area contributed by atoms with Crippen LogP contribution in [0.1, 0.15) is 10.5 Å². The molecule has 134 valence electrons. The third-order valence-corrected chi connectivity index (χ3v) is 3.73. The number of carbonyl (C=O) groups excluding carboxylic acids is 1. The van der Waals surface area contributed by atoms with Crippen molar-refractivity contribution in [2.24, 2.45) is 0 Å². The van der Waals surface area contributed by atoms with Gasteiger partial charge in [0.1, 0.15) is 0 Å². The highest BCUT2D eigenvalue weighted by molar-refractivity contribution is 6.35. The van der Waals surface area contributed by atoms with E-state index in [0.717, 1.165) is 0 Å². The third kappa shape index (κ3) is 4.09. The van der Waals surface area contributed by atoms with Gasteiger partial charge in [0.2, 0.25) is 0 Å². The number of pyridine rings is 1. The van der Waals surface area contributed by atoms with E-state index in [1.165, 1.54) is 35.3 Å². The minimum absolute atomic E-state index is 0.0321. The summed E-state index contributed by atoms with van der Waals surface area (Å²) >= 11 is 12.0. The highest BCUT2D eigenvalue weighted by atomic mass is 35.5. The van der Waals surface area contributed by atoms with Crippen molar-refractivity contribution in [1.82, 2.24) is 14.8 Å². The molecule has 0 saturated heterocycles. The Bertz CT molecular complexity index is 950. The van der Waals surface area contributed by atoms with Gasteiger partial charge < -0.3 is 10.1 Å². The van der Waals surface area contributed by atoms with Crippen LogP contribution in [0.2, 0.25) is 10.0 Å². The summed E-state index contributed by atoms with van der Waals surface area (Å²) in [4.78, 5) is 16.1. The van der Waals surface area contributed by atoms with Crippen molar-refractivity contribution in [2.75, 3.05) is 5.32 Å². The highest BCUT2D eigenvalue weighted by Crippen LogP contribution is 2.25. The summed E-state index contributed by atoms with van der Waals surface area (Å²) in [5.41, 5.74) is 0.555. The van der Waals surface area contributed by atoms with Crippen LogP contribution in [0.25, 0.3) is 5.69 Å². The van der Waals surface area contributed by atoms with Crippen LogP contribution < -0.4 is 10.1 Å². The number of nitrogens with zero attached hydrogens (tertiary/aromatic N) is 3. The molecule has 0 aliphatic heterocycles.